The predicted octanol–water partition coefficient (Wildman–Crippen LogP) is 6.97. The van der Waals surface area contributed by atoms with Crippen LogP contribution in [0.15, 0.2) is 72.8 Å². The summed E-state index contributed by atoms with van der Waals surface area (Å²) in [5.41, 5.74) is 1.64. The van der Waals surface area contributed by atoms with Crippen molar-refractivity contribution in [2.75, 3.05) is 13.2 Å². The fourth-order valence-electron chi connectivity index (χ4n) is 3.54. The molecular formula is C26H28N2O6. The number of non-ortho nitro benzene ring substituents is 1. The van der Waals surface area contributed by atoms with E-state index in [1.807, 2.05) is 30.3 Å². The molecule has 0 N–H and O–H groups in total. The van der Waals surface area contributed by atoms with Crippen LogP contribution in [0.4, 0.5) is 11.4 Å². The molecule has 0 aromatic heterocycles. The van der Waals surface area contributed by atoms with Crippen LogP contribution in [-0.2, 0) is 0 Å². The maximum absolute atomic E-state index is 11.1. The molecule has 0 spiro atoms. The zero-order valence-electron chi connectivity index (χ0n) is 18.9. The summed E-state index contributed by atoms with van der Waals surface area (Å²) in [6.07, 6.45) is 5.87. The van der Waals surface area contributed by atoms with Gasteiger partial charge in [0, 0.05) is 6.07 Å². The molecule has 0 aliphatic heterocycles. The van der Waals surface area contributed by atoms with Crippen molar-refractivity contribution in [2.24, 2.45) is 0 Å². The molecule has 0 fully saturated rings. The molecule has 0 amide bonds. The second kappa shape index (κ2) is 12.9. The summed E-state index contributed by atoms with van der Waals surface area (Å²) in [5, 5.41) is 21.9. The van der Waals surface area contributed by atoms with Crippen LogP contribution in [0.25, 0.3) is 11.1 Å². The largest absolute Gasteiger partial charge is 0.494 e. The lowest BCUT2D eigenvalue weighted by Crippen LogP contribution is -2.01. The molecule has 0 aliphatic carbocycles. The van der Waals surface area contributed by atoms with E-state index in [0.29, 0.717) is 13.2 Å². The summed E-state index contributed by atoms with van der Waals surface area (Å²) in [6.45, 7) is 1.01. The first-order valence-electron chi connectivity index (χ1n) is 11.4. The molecule has 0 saturated heterocycles. The van der Waals surface area contributed by atoms with Gasteiger partial charge in [-0.3, -0.25) is 20.2 Å². The quantitative estimate of drug-likeness (QED) is 0.145. The highest BCUT2D eigenvalue weighted by Crippen LogP contribution is 2.31. The zero-order valence-corrected chi connectivity index (χ0v) is 18.9. The zero-order chi connectivity index (χ0) is 24.2. The van der Waals surface area contributed by atoms with Crippen molar-refractivity contribution in [2.45, 2.75) is 38.5 Å². The number of rotatable bonds is 14. The average molecular weight is 465 g/mol. The van der Waals surface area contributed by atoms with E-state index in [9.17, 15) is 20.2 Å². The highest BCUT2D eigenvalue weighted by molar-refractivity contribution is 5.63. The molecule has 0 bridgehead atoms. The Morgan fingerprint density at radius 2 is 1.21 bits per heavy atom. The van der Waals surface area contributed by atoms with E-state index < -0.39 is 9.85 Å². The van der Waals surface area contributed by atoms with E-state index in [-0.39, 0.29) is 17.1 Å². The lowest BCUT2D eigenvalue weighted by Gasteiger charge is -2.08. The number of nitrogens with zero attached hydrogens (tertiary/aromatic N) is 2. The second-order valence-electron chi connectivity index (χ2n) is 7.87. The van der Waals surface area contributed by atoms with Crippen LogP contribution in [0.2, 0.25) is 0 Å². The van der Waals surface area contributed by atoms with Crippen molar-refractivity contribution in [3.8, 4) is 22.6 Å². The van der Waals surface area contributed by atoms with Gasteiger partial charge in [0.1, 0.15) is 5.75 Å². The highest BCUT2D eigenvalue weighted by atomic mass is 16.6. The van der Waals surface area contributed by atoms with Gasteiger partial charge in [-0.1, -0.05) is 68.1 Å². The van der Waals surface area contributed by atoms with Crippen LogP contribution in [-0.4, -0.2) is 23.1 Å². The maximum Gasteiger partial charge on any atom is 0.317 e. The van der Waals surface area contributed by atoms with Gasteiger partial charge in [0.05, 0.1) is 29.1 Å². The van der Waals surface area contributed by atoms with Gasteiger partial charge in [-0.15, -0.1) is 0 Å². The van der Waals surface area contributed by atoms with Crippen molar-refractivity contribution in [3.63, 3.8) is 0 Å². The van der Waals surface area contributed by atoms with Crippen molar-refractivity contribution in [1.29, 1.82) is 0 Å². The first kappa shape index (κ1) is 24.7. The number of unbranched alkanes of at least 4 members (excludes halogenated alkanes) is 5. The molecule has 0 atom stereocenters. The smallest absolute Gasteiger partial charge is 0.317 e. The number of hydrogen-bond donors (Lipinski definition) is 0. The number of ether oxygens (including phenoxy) is 2. The van der Waals surface area contributed by atoms with Crippen molar-refractivity contribution < 1.29 is 19.3 Å². The number of nitro benzene ring substituents is 2. The summed E-state index contributed by atoms with van der Waals surface area (Å²) in [5.74, 6) is 0.932. The molecule has 0 aliphatic rings. The van der Waals surface area contributed by atoms with Crippen LogP contribution < -0.4 is 9.47 Å². The Labute approximate surface area is 198 Å². The lowest BCUT2D eigenvalue weighted by molar-refractivity contribution is -0.394. The van der Waals surface area contributed by atoms with Gasteiger partial charge in [0.25, 0.3) is 5.69 Å². The molecule has 0 radical (unpaired) electrons. The average Bonchev–Trinajstić information content (AvgIpc) is 2.86. The summed E-state index contributed by atoms with van der Waals surface area (Å²) in [6, 6.07) is 21.8. The van der Waals surface area contributed by atoms with Crippen molar-refractivity contribution in [1.82, 2.24) is 0 Å². The standard InChI is InChI=1S/C26H28N2O6/c29-27(30)23-14-17-26(25(20-23)28(31)32)34-19-9-4-2-1-3-8-18-33-24-15-12-22(13-16-24)21-10-6-5-7-11-21/h5-7,10-17,20H,1-4,8-9,18-19H2. The molecule has 3 aromatic carbocycles. The summed E-state index contributed by atoms with van der Waals surface area (Å²) in [4.78, 5) is 20.6. The number of hydrogen-bond acceptors (Lipinski definition) is 6. The molecule has 8 heteroatoms. The Morgan fingerprint density at radius 3 is 1.82 bits per heavy atom. The maximum atomic E-state index is 11.1. The fourth-order valence-corrected chi connectivity index (χ4v) is 3.54. The third kappa shape index (κ3) is 7.58. The summed E-state index contributed by atoms with van der Waals surface area (Å²) < 4.78 is 11.3. The predicted molar refractivity (Wildman–Crippen MR) is 130 cm³/mol. The lowest BCUT2D eigenvalue weighted by atomic mass is 10.1. The van der Waals surface area contributed by atoms with Crippen LogP contribution in [0.3, 0.4) is 0 Å². The van der Waals surface area contributed by atoms with Crippen LogP contribution >= 0.6 is 0 Å². The Morgan fingerprint density at radius 1 is 0.618 bits per heavy atom. The van der Waals surface area contributed by atoms with Gasteiger partial charge >= 0.3 is 5.69 Å². The minimum absolute atomic E-state index is 0.0598. The van der Waals surface area contributed by atoms with Gasteiger partial charge in [0.15, 0.2) is 5.75 Å². The van der Waals surface area contributed by atoms with Gasteiger partial charge in [-0.2, -0.15) is 0 Å². The Balaban J connectivity index is 1.25. The normalized spacial score (nSPS) is 10.6. The first-order chi connectivity index (χ1) is 16.5. The summed E-state index contributed by atoms with van der Waals surface area (Å²) in [7, 11) is 0. The molecule has 0 heterocycles. The van der Waals surface area contributed by atoms with Crippen molar-refractivity contribution >= 4 is 11.4 Å². The topological polar surface area (TPSA) is 105 Å². The molecule has 0 saturated carbocycles. The van der Waals surface area contributed by atoms with Crippen LogP contribution in [0, 0.1) is 20.2 Å². The van der Waals surface area contributed by atoms with Crippen LogP contribution in [0.1, 0.15) is 38.5 Å². The molecular weight excluding hydrogens is 436 g/mol. The SMILES string of the molecule is O=[N+]([O-])c1ccc(OCCCCCCCCOc2ccc(-c3ccccc3)cc2)c([N+](=O)[O-])c1. The third-order valence-electron chi connectivity index (χ3n) is 5.38. The molecule has 3 aromatic rings. The van der Waals surface area contributed by atoms with E-state index in [4.69, 9.17) is 9.47 Å². The molecule has 0 unspecified atom stereocenters. The van der Waals surface area contributed by atoms with E-state index >= 15 is 0 Å². The molecule has 178 valence electrons. The summed E-state index contributed by atoms with van der Waals surface area (Å²) >= 11 is 0. The van der Waals surface area contributed by atoms with E-state index in [2.05, 4.69) is 24.3 Å². The minimum atomic E-state index is -0.665. The molecule has 3 rings (SSSR count). The van der Waals surface area contributed by atoms with Crippen LogP contribution in [0.5, 0.6) is 11.5 Å². The Bertz CT molecular complexity index is 1070. The monoisotopic (exact) mass is 464 g/mol. The first-order valence-corrected chi connectivity index (χ1v) is 11.4. The van der Waals surface area contributed by atoms with Gasteiger partial charge < -0.3 is 9.47 Å². The number of nitro groups is 2. The van der Waals surface area contributed by atoms with E-state index in [1.165, 1.54) is 23.3 Å². The van der Waals surface area contributed by atoms with E-state index in [0.717, 1.165) is 50.3 Å². The van der Waals surface area contributed by atoms with Gasteiger partial charge in [-0.25, -0.2) is 0 Å². The second-order valence-corrected chi connectivity index (χ2v) is 7.87. The third-order valence-corrected chi connectivity index (χ3v) is 5.38. The van der Waals surface area contributed by atoms with E-state index in [1.54, 1.807) is 0 Å². The molecule has 34 heavy (non-hydrogen) atoms. The highest BCUT2D eigenvalue weighted by Gasteiger charge is 2.20. The Kier molecular flexibility index (Phi) is 9.40. The van der Waals surface area contributed by atoms with Gasteiger partial charge in [-0.05, 0) is 42.2 Å². The minimum Gasteiger partial charge on any atom is -0.494 e. The van der Waals surface area contributed by atoms with Gasteiger partial charge in [0.2, 0.25) is 0 Å². The number of benzene rings is 3. The van der Waals surface area contributed by atoms with Crippen molar-refractivity contribution in [3.05, 3.63) is 93.0 Å². The fraction of sp³-hybridized carbons (Fsp3) is 0.308. The Hall–Kier alpha value is -3.94. The molecule has 8 nitrogen and oxygen atoms in total.